The molecular weight excluding hydrogens is 707 g/mol. The number of aliphatic carboxylic acids is 1. The van der Waals surface area contributed by atoms with E-state index >= 15 is 0 Å². The fraction of sp³-hybridized carbons (Fsp3) is 0.472. The number of benzene rings is 3. The average molecular weight is 752 g/mol. The third kappa shape index (κ3) is 8.11. The number of carboxylic acid groups (broad SMARTS) is 1. The van der Waals surface area contributed by atoms with Crippen LogP contribution in [0.1, 0.15) is 42.7 Å². The van der Waals surface area contributed by atoms with Gasteiger partial charge in [-0.05, 0) is 79.6 Å². The minimum atomic E-state index is -4.43. The predicted octanol–water partition coefficient (Wildman–Crippen LogP) is 6.14. The lowest BCUT2D eigenvalue weighted by molar-refractivity contribution is -0.152. The maximum atomic E-state index is 14.6. The van der Waals surface area contributed by atoms with Crippen molar-refractivity contribution in [3.05, 3.63) is 75.8 Å². The normalized spacial score (nSPS) is 19.5. The Balaban J connectivity index is 1.56. The summed E-state index contributed by atoms with van der Waals surface area (Å²) in [7, 11) is 0.0567. The largest absolute Gasteiger partial charge is 0.494 e. The summed E-state index contributed by atoms with van der Waals surface area (Å²) in [5, 5.41) is 11.2. The molecule has 14 heteroatoms. The molecule has 2 fully saturated rings. The first-order valence-corrected chi connectivity index (χ1v) is 18.8. The van der Waals surface area contributed by atoms with Crippen molar-refractivity contribution in [1.82, 2.24) is 9.21 Å². The zero-order valence-electron chi connectivity index (χ0n) is 28.5. The van der Waals surface area contributed by atoms with Gasteiger partial charge in [0, 0.05) is 32.1 Å². The molecule has 272 valence electrons. The van der Waals surface area contributed by atoms with Crippen molar-refractivity contribution in [2.24, 2.45) is 0 Å². The van der Waals surface area contributed by atoms with Crippen LogP contribution in [-0.2, 0) is 26.0 Å². The van der Waals surface area contributed by atoms with Gasteiger partial charge in [-0.1, -0.05) is 41.4 Å². The number of halogens is 2. The minimum Gasteiger partial charge on any atom is -0.494 e. The number of aryl methyl sites for hydroxylation is 1. The van der Waals surface area contributed by atoms with Crippen LogP contribution in [0.25, 0.3) is 0 Å². The number of hydrogen-bond donors (Lipinski definition) is 1. The number of piperidine rings is 1. The fourth-order valence-electron chi connectivity index (χ4n) is 6.99. The molecule has 0 aliphatic carbocycles. The van der Waals surface area contributed by atoms with Gasteiger partial charge in [-0.25, -0.2) is 8.42 Å². The number of methoxy groups -OCH3 is 3. The fourth-order valence-corrected chi connectivity index (χ4v) is 9.65. The number of rotatable bonds is 15. The molecule has 2 heterocycles. The first-order valence-electron chi connectivity index (χ1n) is 16.6. The Kier molecular flexibility index (Phi) is 12.8. The van der Waals surface area contributed by atoms with E-state index in [-0.39, 0.29) is 33.7 Å². The van der Waals surface area contributed by atoms with E-state index < -0.39 is 27.4 Å². The molecule has 0 bridgehead atoms. The van der Waals surface area contributed by atoms with Gasteiger partial charge in [0.15, 0.2) is 17.2 Å². The second-order valence-corrected chi connectivity index (χ2v) is 15.0. The highest BCUT2D eigenvalue weighted by molar-refractivity contribution is 7.89. The molecule has 50 heavy (non-hydrogen) atoms. The highest BCUT2D eigenvalue weighted by atomic mass is 35.5. The van der Waals surface area contributed by atoms with Crippen LogP contribution < -0.4 is 18.9 Å². The maximum Gasteiger partial charge on any atom is 0.325 e. The Labute approximate surface area is 304 Å². The molecule has 0 radical (unpaired) electrons. The molecule has 2 saturated heterocycles. The van der Waals surface area contributed by atoms with E-state index in [1.54, 1.807) is 20.3 Å². The van der Waals surface area contributed by atoms with Gasteiger partial charge in [0.05, 0.1) is 49.5 Å². The van der Waals surface area contributed by atoms with E-state index in [4.69, 9.17) is 46.9 Å². The number of carboxylic acids is 1. The standard InChI is InChI=1S/C36H44Cl2N2O9S/c1-45-32-12-10-25(21-33(32)46-2)9-11-29(26-7-6-8-27(22-26)49-20-17-39-15-18-48-19-16-39)36(35(41)42)13-4-5-14-40(36)50(43,44)28-23-30(37)34(47-3)31(38)24-28/h6-8,10,12,21-24,29H,4-5,9,11,13-20H2,1-3H3,(H,41,42)/t29-,36+/m1/s1. The number of ether oxygens (including phenoxy) is 5. The first-order chi connectivity index (χ1) is 24.0. The molecule has 3 aromatic rings. The molecule has 2 atom stereocenters. The second kappa shape index (κ2) is 16.8. The van der Waals surface area contributed by atoms with Gasteiger partial charge >= 0.3 is 5.97 Å². The average Bonchev–Trinajstić information content (AvgIpc) is 3.12. The van der Waals surface area contributed by atoms with Crippen LogP contribution >= 0.6 is 23.2 Å². The van der Waals surface area contributed by atoms with Crippen LogP contribution in [0.15, 0.2) is 59.5 Å². The van der Waals surface area contributed by atoms with Crippen molar-refractivity contribution in [2.75, 3.05) is 67.3 Å². The summed E-state index contributed by atoms with van der Waals surface area (Å²) in [6.45, 7) is 4.18. The molecule has 3 aromatic carbocycles. The molecule has 1 N–H and O–H groups in total. The monoisotopic (exact) mass is 750 g/mol. The van der Waals surface area contributed by atoms with Crippen molar-refractivity contribution in [2.45, 2.75) is 48.5 Å². The number of sulfonamides is 1. The van der Waals surface area contributed by atoms with Crippen LogP contribution in [0.4, 0.5) is 0 Å². The van der Waals surface area contributed by atoms with Crippen molar-refractivity contribution in [1.29, 1.82) is 0 Å². The highest BCUT2D eigenvalue weighted by Gasteiger charge is 2.56. The van der Waals surface area contributed by atoms with Crippen LogP contribution in [0.3, 0.4) is 0 Å². The summed E-state index contributed by atoms with van der Waals surface area (Å²) in [6.07, 6.45) is 1.83. The third-order valence-electron chi connectivity index (χ3n) is 9.53. The van der Waals surface area contributed by atoms with E-state index in [2.05, 4.69) is 4.90 Å². The molecule has 5 rings (SSSR count). The SMILES string of the molecule is COc1ccc(CC[C@H](c2cccc(OCCN3CCOCC3)c2)[C@]2(C(=O)O)CCCCN2S(=O)(=O)c2cc(Cl)c(OC)c(Cl)c2)cc1OC. The van der Waals surface area contributed by atoms with Gasteiger partial charge in [0.2, 0.25) is 10.0 Å². The topological polar surface area (TPSA) is 124 Å². The third-order valence-corrected chi connectivity index (χ3v) is 12.0. The zero-order chi connectivity index (χ0) is 35.9. The Hall–Kier alpha value is -3.26. The molecule has 0 spiro atoms. The van der Waals surface area contributed by atoms with Gasteiger partial charge in [-0.2, -0.15) is 4.31 Å². The zero-order valence-corrected chi connectivity index (χ0v) is 30.9. The van der Waals surface area contributed by atoms with Crippen molar-refractivity contribution >= 4 is 39.2 Å². The van der Waals surface area contributed by atoms with Gasteiger partial charge in [-0.3, -0.25) is 9.69 Å². The molecule has 0 amide bonds. The molecule has 2 aliphatic rings. The Morgan fingerprint density at radius 2 is 1.66 bits per heavy atom. The van der Waals surface area contributed by atoms with Gasteiger partial charge in [0.1, 0.15) is 17.9 Å². The van der Waals surface area contributed by atoms with E-state index in [0.29, 0.717) is 74.9 Å². The summed E-state index contributed by atoms with van der Waals surface area (Å²) in [6, 6.07) is 15.4. The number of morpholine rings is 1. The minimum absolute atomic E-state index is 0.00149. The Morgan fingerprint density at radius 1 is 0.940 bits per heavy atom. The Bertz CT molecular complexity index is 1730. The van der Waals surface area contributed by atoms with Crippen molar-refractivity contribution in [3.63, 3.8) is 0 Å². The quantitative estimate of drug-likeness (QED) is 0.194. The molecule has 0 aromatic heterocycles. The van der Waals surface area contributed by atoms with Gasteiger partial charge < -0.3 is 28.8 Å². The van der Waals surface area contributed by atoms with Crippen LogP contribution in [0.5, 0.6) is 23.0 Å². The van der Waals surface area contributed by atoms with Crippen LogP contribution in [0, 0.1) is 0 Å². The lowest BCUT2D eigenvalue weighted by Crippen LogP contribution is -2.62. The molecule has 11 nitrogen and oxygen atoms in total. The van der Waals surface area contributed by atoms with Gasteiger partial charge in [0.25, 0.3) is 0 Å². The van der Waals surface area contributed by atoms with E-state index in [1.807, 2.05) is 36.4 Å². The van der Waals surface area contributed by atoms with Crippen molar-refractivity contribution < 1.29 is 42.0 Å². The summed E-state index contributed by atoms with van der Waals surface area (Å²) >= 11 is 12.8. The van der Waals surface area contributed by atoms with Crippen molar-refractivity contribution in [3.8, 4) is 23.0 Å². The summed E-state index contributed by atoms with van der Waals surface area (Å²) in [5.41, 5.74) is -0.312. The number of nitrogens with zero attached hydrogens (tertiary/aromatic N) is 2. The molecular formula is C36H44Cl2N2O9S. The summed E-state index contributed by atoms with van der Waals surface area (Å²) in [5.74, 6) is -0.198. The number of carbonyl (C=O) groups is 1. The van der Waals surface area contributed by atoms with Gasteiger partial charge in [-0.15, -0.1) is 0 Å². The summed E-state index contributed by atoms with van der Waals surface area (Å²) in [4.78, 5) is 15.8. The van der Waals surface area contributed by atoms with E-state index in [9.17, 15) is 18.3 Å². The van der Waals surface area contributed by atoms with Crippen LogP contribution in [0.2, 0.25) is 10.0 Å². The highest BCUT2D eigenvalue weighted by Crippen LogP contribution is 2.47. The summed E-state index contributed by atoms with van der Waals surface area (Å²) < 4.78 is 58.1. The van der Waals surface area contributed by atoms with E-state index in [0.717, 1.165) is 23.0 Å². The predicted molar refractivity (Wildman–Crippen MR) is 191 cm³/mol. The maximum absolute atomic E-state index is 14.6. The second-order valence-electron chi connectivity index (χ2n) is 12.3. The number of hydrogen-bond acceptors (Lipinski definition) is 9. The lowest BCUT2D eigenvalue weighted by Gasteiger charge is -2.48. The smallest absolute Gasteiger partial charge is 0.325 e. The molecule has 0 unspecified atom stereocenters. The van der Waals surface area contributed by atoms with Crippen LogP contribution in [-0.4, -0.2) is 102 Å². The first kappa shape index (κ1) is 38.0. The molecule has 0 saturated carbocycles. The Morgan fingerprint density at radius 3 is 2.32 bits per heavy atom. The molecule has 2 aliphatic heterocycles. The van der Waals surface area contributed by atoms with E-state index in [1.165, 1.54) is 19.2 Å². The lowest BCUT2D eigenvalue weighted by atomic mass is 9.71.